The van der Waals surface area contributed by atoms with E-state index in [0.717, 1.165) is 37.9 Å². The Kier molecular flexibility index (Phi) is 8.71. The molecule has 27 heavy (non-hydrogen) atoms. The van der Waals surface area contributed by atoms with E-state index in [2.05, 4.69) is 56.9 Å². The highest BCUT2D eigenvalue weighted by Gasteiger charge is 2.24. The fourth-order valence-electron chi connectivity index (χ4n) is 3.35. The van der Waals surface area contributed by atoms with Crippen LogP contribution in [0.25, 0.3) is 0 Å². The largest absolute Gasteiger partial charge is 0.495 e. The molecule has 0 aromatic heterocycles. The normalized spacial score (nSPS) is 16.6. The van der Waals surface area contributed by atoms with Crippen LogP contribution in [0.2, 0.25) is 0 Å². The topological polar surface area (TPSA) is 48.9 Å². The molecule has 2 aromatic carbocycles. The second-order valence-corrected chi connectivity index (χ2v) is 6.56. The summed E-state index contributed by atoms with van der Waals surface area (Å²) in [6, 6.07) is 18.6. The van der Waals surface area contributed by atoms with Crippen molar-refractivity contribution in [3.8, 4) is 5.75 Å². The number of guanidine groups is 1. The first-order chi connectivity index (χ1) is 12.8. The van der Waals surface area contributed by atoms with Gasteiger partial charge in [0.25, 0.3) is 0 Å². The number of hydrogen-bond acceptors (Lipinski definition) is 3. The number of anilines is 1. The van der Waals surface area contributed by atoms with E-state index < -0.39 is 0 Å². The second kappa shape index (κ2) is 11.0. The average Bonchev–Trinajstić information content (AvgIpc) is 3.17. The Labute approximate surface area is 179 Å². The predicted molar refractivity (Wildman–Crippen MR) is 123 cm³/mol. The van der Waals surface area contributed by atoms with Gasteiger partial charge in [0.2, 0.25) is 0 Å². The van der Waals surface area contributed by atoms with Gasteiger partial charge in [0.15, 0.2) is 5.96 Å². The molecule has 2 aromatic rings. The summed E-state index contributed by atoms with van der Waals surface area (Å²) in [4.78, 5) is 6.74. The molecule has 1 atom stereocenters. The molecular weight excluding hydrogens is 451 g/mol. The van der Waals surface area contributed by atoms with E-state index in [4.69, 9.17) is 4.74 Å². The highest BCUT2D eigenvalue weighted by molar-refractivity contribution is 14.0. The molecule has 0 amide bonds. The number of benzene rings is 2. The van der Waals surface area contributed by atoms with Crippen LogP contribution in [0.5, 0.6) is 5.75 Å². The molecule has 1 aliphatic rings. The molecule has 0 aliphatic carbocycles. The van der Waals surface area contributed by atoms with Crippen molar-refractivity contribution in [3.63, 3.8) is 0 Å². The lowest BCUT2D eigenvalue weighted by Gasteiger charge is -2.21. The molecule has 146 valence electrons. The molecule has 0 spiro atoms. The maximum absolute atomic E-state index is 5.50. The Balaban J connectivity index is 0.00000261. The molecule has 5 nitrogen and oxygen atoms in total. The first kappa shape index (κ1) is 21.3. The Morgan fingerprint density at radius 2 is 1.85 bits per heavy atom. The zero-order valence-electron chi connectivity index (χ0n) is 16.0. The zero-order valence-corrected chi connectivity index (χ0v) is 18.4. The van der Waals surface area contributed by atoms with Gasteiger partial charge in [0, 0.05) is 33.2 Å². The fraction of sp³-hybridized carbons (Fsp3) is 0.381. The average molecular weight is 480 g/mol. The van der Waals surface area contributed by atoms with Crippen molar-refractivity contribution >= 4 is 35.6 Å². The molecule has 1 fully saturated rings. The summed E-state index contributed by atoms with van der Waals surface area (Å²) in [5.41, 5.74) is 2.43. The van der Waals surface area contributed by atoms with Crippen molar-refractivity contribution in [3.05, 3.63) is 60.2 Å². The van der Waals surface area contributed by atoms with Crippen LogP contribution in [-0.2, 0) is 6.54 Å². The van der Waals surface area contributed by atoms with E-state index in [1.54, 1.807) is 7.11 Å². The molecule has 1 heterocycles. The molecule has 6 heteroatoms. The second-order valence-electron chi connectivity index (χ2n) is 6.56. The van der Waals surface area contributed by atoms with Crippen LogP contribution in [0.3, 0.4) is 0 Å². The summed E-state index contributed by atoms with van der Waals surface area (Å²) in [5, 5.41) is 6.84. The van der Waals surface area contributed by atoms with Crippen molar-refractivity contribution in [1.82, 2.24) is 10.6 Å². The zero-order chi connectivity index (χ0) is 18.2. The standard InChI is InChI=1S/C21H28N4O.HI/c1-22-21(23-14-17-8-4-3-5-9-17)24-15-18-12-13-25(16-18)19-10-6-7-11-20(19)26-2;/h3-11,18H,12-16H2,1-2H3,(H2,22,23,24);1H. The minimum Gasteiger partial charge on any atom is -0.495 e. The Morgan fingerprint density at radius 1 is 1.11 bits per heavy atom. The van der Waals surface area contributed by atoms with Gasteiger partial charge in [0.05, 0.1) is 12.8 Å². The summed E-state index contributed by atoms with van der Waals surface area (Å²) in [5.74, 6) is 2.39. The van der Waals surface area contributed by atoms with Gasteiger partial charge in [-0.15, -0.1) is 24.0 Å². The van der Waals surface area contributed by atoms with Crippen molar-refractivity contribution < 1.29 is 4.74 Å². The van der Waals surface area contributed by atoms with Crippen LogP contribution in [-0.4, -0.2) is 39.8 Å². The van der Waals surface area contributed by atoms with Crippen LogP contribution < -0.4 is 20.3 Å². The Hall–Kier alpha value is -1.96. The lowest BCUT2D eigenvalue weighted by molar-refractivity contribution is 0.414. The number of hydrogen-bond donors (Lipinski definition) is 2. The maximum Gasteiger partial charge on any atom is 0.191 e. The molecular formula is C21H29IN4O. The third kappa shape index (κ3) is 6.02. The molecule has 0 saturated carbocycles. The highest BCUT2D eigenvalue weighted by Crippen LogP contribution is 2.31. The van der Waals surface area contributed by atoms with Crippen molar-refractivity contribution in [2.45, 2.75) is 13.0 Å². The minimum atomic E-state index is 0. The Bertz CT molecular complexity index is 723. The molecule has 3 rings (SSSR count). The lowest BCUT2D eigenvalue weighted by atomic mass is 10.1. The van der Waals surface area contributed by atoms with Gasteiger partial charge in [-0.25, -0.2) is 0 Å². The van der Waals surface area contributed by atoms with Gasteiger partial charge in [-0.2, -0.15) is 0 Å². The van der Waals surface area contributed by atoms with E-state index in [1.165, 1.54) is 17.7 Å². The quantitative estimate of drug-likeness (QED) is 0.378. The summed E-state index contributed by atoms with van der Waals surface area (Å²) in [6.07, 6.45) is 1.17. The molecule has 1 unspecified atom stereocenters. The number of aliphatic imine (C=N–C) groups is 1. The first-order valence-electron chi connectivity index (χ1n) is 9.16. The van der Waals surface area contributed by atoms with Gasteiger partial charge in [-0.05, 0) is 30.0 Å². The van der Waals surface area contributed by atoms with Crippen LogP contribution in [0.4, 0.5) is 5.69 Å². The van der Waals surface area contributed by atoms with Gasteiger partial charge in [-0.1, -0.05) is 42.5 Å². The van der Waals surface area contributed by atoms with Gasteiger partial charge in [-0.3, -0.25) is 4.99 Å². The number of halogens is 1. The summed E-state index contributed by atoms with van der Waals surface area (Å²) >= 11 is 0. The third-order valence-corrected chi connectivity index (χ3v) is 4.80. The van der Waals surface area contributed by atoms with Gasteiger partial charge >= 0.3 is 0 Å². The van der Waals surface area contributed by atoms with Crippen LogP contribution in [0.15, 0.2) is 59.6 Å². The SMILES string of the molecule is CN=C(NCc1ccccc1)NCC1CCN(c2ccccc2OC)C1.I. The summed E-state index contributed by atoms with van der Waals surface area (Å²) in [7, 11) is 3.55. The fourth-order valence-corrected chi connectivity index (χ4v) is 3.35. The monoisotopic (exact) mass is 480 g/mol. The van der Waals surface area contributed by atoms with Crippen molar-refractivity contribution in [1.29, 1.82) is 0 Å². The third-order valence-electron chi connectivity index (χ3n) is 4.80. The number of nitrogens with zero attached hydrogens (tertiary/aromatic N) is 2. The van der Waals surface area contributed by atoms with E-state index in [-0.39, 0.29) is 24.0 Å². The van der Waals surface area contributed by atoms with E-state index in [1.807, 2.05) is 25.2 Å². The molecule has 1 aliphatic heterocycles. The molecule has 0 radical (unpaired) electrons. The first-order valence-corrected chi connectivity index (χ1v) is 9.16. The maximum atomic E-state index is 5.50. The number of para-hydroxylation sites is 2. The van der Waals surface area contributed by atoms with E-state index in [0.29, 0.717) is 5.92 Å². The summed E-state index contributed by atoms with van der Waals surface area (Å²) in [6.45, 7) is 3.78. The van der Waals surface area contributed by atoms with Crippen molar-refractivity contribution in [2.24, 2.45) is 10.9 Å². The van der Waals surface area contributed by atoms with Crippen LogP contribution >= 0.6 is 24.0 Å². The van der Waals surface area contributed by atoms with Gasteiger partial charge < -0.3 is 20.3 Å². The highest BCUT2D eigenvalue weighted by atomic mass is 127. The van der Waals surface area contributed by atoms with Crippen LogP contribution in [0.1, 0.15) is 12.0 Å². The van der Waals surface area contributed by atoms with E-state index in [9.17, 15) is 0 Å². The smallest absolute Gasteiger partial charge is 0.191 e. The van der Waals surface area contributed by atoms with Crippen molar-refractivity contribution in [2.75, 3.05) is 38.7 Å². The minimum absolute atomic E-state index is 0. The predicted octanol–water partition coefficient (Wildman–Crippen LogP) is 3.50. The summed E-state index contributed by atoms with van der Waals surface area (Å²) < 4.78 is 5.50. The molecule has 0 bridgehead atoms. The van der Waals surface area contributed by atoms with E-state index >= 15 is 0 Å². The number of nitrogens with one attached hydrogen (secondary N) is 2. The molecule has 1 saturated heterocycles. The molecule has 2 N–H and O–H groups in total. The van der Waals surface area contributed by atoms with Crippen LogP contribution in [0, 0.1) is 5.92 Å². The number of ether oxygens (including phenoxy) is 1. The lowest BCUT2D eigenvalue weighted by Crippen LogP contribution is -2.39. The number of methoxy groups -OCH3 is 1. The Morgan fingerprint density at radius 3 is 2.59 bits per heavy atom. The number of rotatable bonds is 6. The van der Waals surface area contributed by atoms with Gasteiger partial charge in [0.1, 0.15) is 5.75 Å².